The van der Waals surface area contributed by atoms with E-state index in [1.807, 2.05) is 6.07 Å². The standard InChI is InChI=1S/C18H9Cl2N3O3/c19-15-6-3-11(7-16(15)20)17-8-13(14(9-21)18(24)22-17)10-1-4-12(5-2-10)23(25)26/h1-8H,(H,22,24). The highest BCUT2D eigenvalue weighted by molar-refractivity contribution is 6.42. The Labute approximate surface area is 157 Å². The highest BCUT2D eigenvalue weighted by Gasteiger charge is 2.14. The van der Waals surface area contributed by atoms with Gasteiger partial charge in [0.2, 0.25) is 0 Å². The predicted molar refractivity (Wildman–Crippen MR) is 99.3 cm³/mol. The molecule has 2 aromatic carbocycles. The maximum Gasteiger partial charge on any atom is 0.269 e. The lowest BCUT2D eigenvalue weighted by Crippen LogP contribution is -2.12. The molecule has 0 unspecified atom stereocenters. The zero-order valence-electron chi connectivity index (χ0n) is 13.0. The molecule has 0 aliphatic carbocycles. The first-order valence-corrected chi connectivity index (χ1v) is 8.04. The van der Waals surface area contributed by atoms with E-state index in [0.29, 0.717) is 32.4 Å². The van der Waals surface area contributed by atoms with Gasteiger partial charge in [-0.15, -0.1) is 0 Å². The first-order valence-electron chi connectivity index (χ1n) is 7.28. The van der Waals surface area contributed by atoms with Crippen LogP contribution < -0.4 is 5.56 Å². The van der Waals surface area contributed by atoms with Crippen LogP contribution in [0.15, 0.2) is 53.3 Å². The zero-order valence-corrected chi connectivity index (χ0v) is 14.5. The molecule has 0 atom stereocenters. The molecule has 128 valence electrons. The number of benzene rings is 2. The number of rotatable bonds is 3. The van der Waals surface area contributed by atoms with Crippen LogP contribution in [-0.4, -0.2) is 9.91 Å². The van der Waals surface area contributed by atoms with Crippen LogP contribution in [0.25, 0.3) is 22.4 Å². The maximum absolute atomic E-state index is 12.3. The SMILES string of the molecule is N#Cc1c(-c2ccc([N+](=O)[O-])cc2)cc(-c2ccc(Cl)c(Cl)c2)[nH]c1=O. The van der Waals surface area contributed by atoms with Crippen LogP contribution in [0.3, 0.4) is 0 Å². The molecule has 3 aromatic rings. The number of hydrogen-bond acceptors (Lipinski definition) is 4. The number of nitriles is 1. The second-order valence-electron chi connectivity index (χ2n) is 5.35. The average Bonchev–Trinajstić information content (AvgIpc) is 2.63. The number of hydrogen-bond donors (Lipinski definition) is 1. The van der Waals surface area contributed by atoms with Gasteiger partial charge in [0, 0.05) is 23.4 Å². The number of aromatic nitrogens is 1. The third-order valence-corrected chi connectivity index (χ3v) is 4.50. The second-order valence-corrected chi connectivity index (χ2v) is 6.16. The van der Waals surface area contributed by atoms with Gasteiger partial charge in [-0.2, -0.15) is 5.26 Å². The van der Waals surface area contributed by atoms with Gasteiger partial charge in [0.05, 0.1) is 15.0 Å². The maximum atomic E-state index is 12.3. The van der Waals surface area contributed by atoms with E-state index >= 15 is 0 Å². The number of nitro groups is 1. The van der Waals surface area contributed by atoms with Crippen LogP contribution in [0, 0.1) is 21.4 Å². The summed E-state index contributed by atoms with van der Waals surface area (Å²) in [7, 11) is 0. The summed E-state index contributed by atoms with van der Waals surface area (Å²) < 4.78 is 0. The zero-order chi connectivity index (χ0) is 18.8. The topological polar surface area (TPSA) is 99.8 Å². The van der Waals surface area contributed by atoms with Gasteiger partial charge in [-0.3, -0.25) is 14.9 Å². The fourth-order valence-electron chi connectivity index (χ4n) is 2.48. The summed E-state index contributed by atoms with van der Waals surface area (Å²) in [5.41, 5.74) is 1.21. The molecule has 0 aliphatic heterocycles. The Kier molecular flexibility index (Phi) is 4.76. The number of aromatic amines is 1. The Morgan fingerprint density at radius 1 is 1.00 bits per heavy atom. The Morgan fingerprint density at radius 3 is 2.23 bits per heavy atom. The quantitative estimate of drug-likeness (QED) is 0.516. The van der Waals surface area contributed by atoms with Crippen LogP contribution in [0.2, 0.25) is 10.0 Å². The van der Waals surface area contributed by atoms with Crippen molar-refractivity contribution in [3.63, 3.8) is 0 Å². The first kappa shape index (κ1) is 17.7. The smallest absolute Gasteiger partial charge is 0.269 e. The molecule has 1 aromatic heterocycles. The summed E-state index contributed by atoms with van der Waals surface area (Å²) in [5.74, 6) is 0. The van der Waals surface area contributed by atoms with Crippen molar-refractivity contribution in [2.75, 3.05) is 0 Å². The normalized spacial score (nSPS) is 10.3. The molecular weight excluding hydrogens is 377 g/mol. The molecule has 0 fully saturated rings. The molecule has 8 heteroatoms. The van der Waals surface area contributed by atoms with E-state index < -0.39 is 10.5 Å². The molecule has 0 aliphatic rings. The molecule has 1 heterocycles. The summed E-state index contributed by atoms with van der Waals surface area (Å²) >= 11 is 11.9. The van der Waals surface area contributed by atoms with Crippen molar-refractivity contribution < 1.29 is 4.92 Å². The monoisotopic (exact) mass is 385 g/mol. The van der Waals surface area contributed by atoms with Gasteiger partial charge in [0.1, 0.15) is 11.6 Å². The lowest BCUT2D eigenvalue weighted by molar-refractivity contribution is -0.384. The van der Waals surface area contributed by atoms with E-state index in [1.54, 1.807) is 24.3 Å². The van der Waals surface area contributed by atoms with Crippen LogP contribution in [0.4, 0.5) is 5.69 Å². The number of nitro benzene ring substituents is 1. The molecule has 1 N–H and O–H groups in total. The Bertz CT molecular complexity index is 1120. The van der Waals surface area contributed by atoms with Crippen molar-refractivity contribution in [3.05, 3.63) is 84.6 Å². The fraction of sp³-hybridized carbons (Fsp3) is 0. The molecule has 0 saturated heterocycles. The van der Waals surface area contributed by atoms with Gasteiger partial charge in [-0.1, -0.05) is 29.3 Å². The van der Waals surface area contributed by atoms with Gasteiger partial charge < -0.3 is 4.98 Å². The molecule has 26 heavy (non-hydrogen) atoms. The van der Waals surface area contributed by atoms with Crippen molar-refractivity contribution in [1.29, 1.82) is 5.26 Å². The fourth-order valence-corrected chi connectivity index (χ4v) is 2.78. The van der Waals surface area contributed by atoms with Crippen molar-refractivity contribution in [2.45, 2.75) is 0 Å². The number of H-pyrrole nitrogens is 1. The number of non-ortho nitro benzene ring substituents is 1. The Balaban J connectivity index is 2.19. The molecular formula is C18H9Cl2N3O3. The largest absolute Gasteiger partial charge is 0.321 e. The van der Waals surface area contributed by atoms with Crippen LogP contribution >= 0.6 is 23.2 Å². The Morgan fingerprint density at radius 2 is 1.65 bits per heavy atom. The molecule has 0 saturated carbocycles. The molecule has 0 amide bonds. The highest BCUT2D eigenvalue weighted by atomic mass is 35.5. The first-order chi connectivity index (χ1) is 12.4. The minimum atomic E-state index is -0.565. The second kappa shape index (κ2) is 7.00. The minimum absolute atomic E-state index is 0.0809. The summed E-state index contributed by atoms with van der Waals surface area (Å²) in [6.45, 7) is 0. The van der Waals surface area contributed by atoms with Gasteiger partial charge in [-0.25, -0.2) is 0 Å². The number of pyridine rings is 1. The van der Waals surface area contributed by atoms with Crippen molar-refractivity contribution in [3.8, 4) is 28.5 Å². The van der Waals surface area contributed by atoms with Crippen molar-refractivity contribution >= 4 is 28.9 Å². The van der Waals surface area contributed by atoms with Crippen LogP contribution in [-0.2, 0) is 0 Å². The summed E-state index contributed by atoms with van der Waals surface area (Å²) in [6.07, 6.45) is 0. The third kappa shape index (κ3) is 3.31. The number of nitrogens with zero attached hydrogens (tertiary/aromatic N) is 2. The van der Waals surface area contributed by atoms with Gasteiger partial charge >= 0.3 is 0 Å². The third-order valence-electron chi connectivity index (χ3n) is 3.76. The van der Waals surface area contributed by atoms with E-state index in [9.17, 15) is 20.2 Å². The predicted octanol–water partition coefficient (Wildman–Crippen LogP) is 4.80. The van der Waals surface area contributed by atoms with E-state index in [1.165, 1.54) is 24.3 Å². The average molecular weight is 386 g/mol. The van der Waals surface area contributed by atoms with Crippen LogP contribution in [0.5, 0.6) is 0 Å². The van der Waals surface area contributed by atoms with Crippen molar-refractivity contribution in [1.82, 2.24) is 4.98 Å². The Hall–Kier alpha value is -3.14. The lowest BCUT2D eigenvalue weighted by Gasteiger charge is -2.09. The molecule has 0 bridgehead atoms. The molecule has 3 rings (SSSR count). The minimum Gasteiger partial charge on any atom is -0.321 e. The van der Waals surface area contributed by atoms with E-state index in [4.69, 9.17) is 23.2 Å². The van der Waals surface area contributed by atoms with Crippen LogP contribution in [0.1, 0.15) is 5.56 Å². The summed E-state index contributed by atoms with van der Waals surface area (Å²) in [4.78, 5) is 25.2. The van der Waals surface area contributed by atoms with E-state index in [2.05, 4.69) is 4.98 Å². The summed E-state index contributed by atoms with van der Waals surface area (Å²) in [5, 5.41) is 20.8. The highest BCUT2D eigenvalue weighted by Crippen LogP contribution is 2.30. The van der Waals surface area contributed by atoms with Gasteiger partial charge in [0.15, 0.2) is 0 Å². The summed E-state index contributed by atoms with van der Waals surface area (Å²) in [6, 6.07) is 14.0. The molecule has 0 radical (unpaired) electrons. The molecule has 6 nitrogen and oxygen atoms in total. The van der Waals surface area contributed by atoms with Gasteiger partial charge in [-0.05, 0) is 41.5 Å². The van der Waals surface area contributed by atoms with E-state index in [0.717, 1.165) is 0 Å². The lowest BCUT2D eigenvalue weighted by atomic mass is 9.99. The van der Waals surface area contributed by atoms with E-state index in [-0.39, 0.29) is 11.3 Å². The number of halogens is 2. The van der Waals surface area contributed by atoms with Crippen molar-refractivity contribution in [2.24, 2.45) is 0 Å². The molecule has 0 spiro atoms. The number of nitrogens with one attached hydrogen (secondary N) is 1. The van der Waals surface area contributed by atoms with Gasteiger partial charge in [0.25, 0.3) is 11.2 Å².